The van der Waals surface area contributed by atoms with Crippen LogP contribution in [0.5, 0.6) is 0 Å². The lowest BCUT2D eigenvalue weighted by molar-refractivity contribution is -0.385. The average molecular weight is 264 g/mol. The summed E-state index contributed by atoms with van der Waals surface area (Å²) in [5.41, 5.74) is 2.78. The number of nitro benzene ring substituents is 1. The summed E-state index contributed by atoms with van der Waals surface area (Å²) in [5.74, 6) is 0. The molecular formula is C14H20N2O3. The second kappa shape index (κ2) is 5.57. The van der Waals surface area contributed by atoms with Gasteiger partial charge in [-0.25, -0.2) is 0 Å². The summed E-state index contributed by atoms with van der Waals surface area (Å²) in [4.78, 5) is 10.7. The van der Waals surface area contributed by atoms with E-state index in [1.54, 1.807) is 13.0 Å². The Morgan fingerprint density at radius 2 is 2.11 bits per heavy atom. The second-order valence-corrected chi connectivity index (χ2v) is 5.26. The largest absolute Gasteiger partial charge is 0.382 e. The van der Waals surface area contributed by atoms with Crippen molar-refractivity contribution in [2.75, 3.05) is 11.9 Å². The molecule has 2 atom stereocenters. The number of hydrogen-bond donors (Lipinski definition) is 1. The summed E-state index contributed by atoms with van der Waals surface area (Å²) in [6, 6.07) is 3.83. The van der Waals surface area contributed by atoms with E-state index in [0.717, 1.165) is 30.7 Å². The molecular weight excluding hydrogens is 244 g/mol. The van der Waals surface area contributed by atoms with E-state index in [0.29, 0.717) is 11.6 Å². The zero-order valence-electron chi connectivity index (χ0n) is 11.6. The Labute approximate surface area is 113 Å². The Kier molecular flexibility index (Phi) is 4.04. The van der Waals surface area contributed by atoms with Crippen molar-refractivity contribution in [1.82, 2.24) is 0 Å². The second-order valence-electron chi connectivity index (χ2n) is 5.26. The van der Waals surface area contributed by atoms with Gasteiger partial charge in [0.15, 0.2) is 0 Å². The summed E-state index contributed by atoms with van der Waals surface area (Å²) in [6.45, 7) is 6.54. The third kappa shape index (κ3) is 3.23. The van der Waals surface area contributed by atoms with Gasteiger partial charge in [-0.3, -0.25) is 10.1 Å². The van der Waals surface area contributed by atoms with Crippen molar-refractivity contribution < 1.29 is 9.66 Å². The Hall–Kier alpha value is -1.62. The molecule has 2 unspecified atom stereocenters. The van der Waals surface area contributed by atoms with Crippen LogP contribution in [0.1, 0.15) is 30.9 Å². The van der Waals surface area contributed by atoms with E-state index in [2.05, 4.69) is 12.2 Å². The molecule has 0 spiro atoms. The monoisotopic (exact) mass is 264 g/mol. The fourth-order valence-electron chi connectivity index (χ4n) is 2.54. The Bertz CT molecular complexity index is 488. The highest BCUT2D eigenvalue weighted by Gasteiger charge is 2.21. The first kappa shape index (κ1) is 13.8. The number of ether oxygens (including phenoxy) is 1. The molecule has 2 rings (SSSR count). The number of benzene rings is 1. The lowest BCUT2D eigenvalue weighted by atomic mass is 10.0. The van der Waals surface area contributed by atoms with Gasteiger partial charge in [0.05, 0.1) is 11.0 Å². The first-order valence-electron chi connectivity index (χ1n) is 6.61. The van der Waals surface area contributed by atoms with Crippen LogP contribution < -0.4 is 5.32 Å². The van der Waals surface area contributed by atoms with Crippen LogP contribution >= 0.6 is 0 Å². The highest BCUT2D eigenvalue weighted by molar-refractivity contribution is 5.60. The van der Waals surface area contributed by atoms with Gasteiger partial charge < -0.3 is 10.1 Å². The van der Waals surface area contributed by atoms with Crippen molar-refractivity contribution in [2.45, 2.75) is 45.8 Å². The van der Waals surface area contributed by atoms with E-state index in [1.165, 1.54) is 0 Å². The van der Waals surface area contributed by atoms with Crippen LogP contribution in [-0.4, -0.2) is 23.7 Å². The van der Waals surface area contributed by atoms with E-state index < -0.39 is 0 Å². The smallest absolute Gasteiger partial charge is 0.274 e. The van der Waals surface area contributed by atoms with Crippen LogP contribution in [0, 0.1) is 24.0 Å². The molecule has 0 amide bonds. The van der Waals surface area contributed by atoms with Crippen LogP contribution in [0.15, 0.2) is 12.1 Å². The van der Waals surface area contributed by atoms with Gasteiger partial charge in [-0.1, -0.05) is 0 Å². The predicted molar refractivity (Wildman–Crippen MR) is 74.6 cm³/mol. The molecule has 1 aliphatic heterocycles. The summed E-state index contributed by atoms with van der Waals surface area (Å²) < 4.78 is 5.51. The third-order valence-corrected chi connectivity index (χ3v) is 3.58. The standard InChI is InChI=1S/C14H20N2O3/c1-9-6-10(2)14(16(17)18)8-13(9)15-12-4-5-19-11(3)7-12/h6,8,11-12,15H,4-5,7H2,1-3H3. The Morgan fingerprint density at radius 3 is 2.74 bits per heavy atom. The van der Waals surface area contributed by atoms with Crippen molar-refractivity contribution in [3.05, 3.63) is 33.4 Å². The van der Waals surface area contributed by atoms with Crippen LogP contribution in [0.25, 0.3) is 0 Å². The minimum atomic E-state index is -0.327. The van der Waals surface area contributed by atoms with Gasteiger partial charge in [0.2, 0.25) is 0 Å². The zero-order valence-corrected chi connectivity index (χ0v) is 11.6. The van der Waals surface area contributed by atoms with Crippen molar-refractivity contribution in [3.63, 3.8) is 0 Å². The van der Waals surface area contributed by atoms with E-state index in [9.17, 15) is 10.1 Å². The summed E-state index contributed by atoms with van der Waals surface area (Å²) in [5, 5.41) is 14.4. The molecule has 19 heavy (non-hydrogen) atoms. The highest BCUT2D eigenvalue weighted by Crippen LogP contribution is 2.28. The molecule has 1 N–H and O–H groups in total. The molecule has 0 bridgehead atoms. The molecule has 0 aliphatic carbocycles. The van der Waals surface area contributed by atoms with Gasteiger partial charge in [-0.05, 0) is 45.2 Å². The summed E-state index contributed by atoms with van der Waals surface area (Å²) >= 11 is 0. The number of rotatable bonds is 3. The average Bonchev–Trinajstić information content (AvgIpc) is 2.32. The van der Waals surface area contributed by atoms with Gasteiger partial charge in [-0.15, -0.1) is 0 Å². The lowest BCUT2D eigenvalue weighted by Crippen LogP contribution is -2.32. The third-order valence-electron chi connectivity index (χ3n) is 3.58. The van der Waals surface area contributed by atoms with Gasteiger partial charge >= 0.3 is 0 Å². The van der Waals surface area contributed by atoms with Crippen LogP contribution in [-0.2, 0) is 4.74 Å². The summed E-state index contributed by atoms with van der Waals surface area (Å²) in [6.07, 6.45) is 2.11. The van der Waals surface area contributed by atoms with Gasteiger partial charge in [-0.2, -0.15) is 0 Å². The molecule has 5 heteroatoms. The fraction of sp³-hybridized carbons (Fsp3) is 0.571. The number of nitro groups is 1. The van der Waals surface area contributed by atoms with Crippen molar-refractivity contribution in [3.8, 4) is 0 Å². The van der Waals surface area contributed by atoms with Crippen molar-refractivity contribution >= 4 is 11.4 Å². The quantitative estimate of drug-likeness (QED) is 0.672. The molecule has 0 aromatic heterocycles. The first-order chi connectivity index (χ1) is 8.97. The maximum Gasteiger partial charge on any atom is 0.274 e. The maximum absolute atomic E-state index is 11.0. The lowest BCUT2D eigenvalue weighted by Gasteiger charge is -2.29. The number of anilines is 1. The molecule has 1 aromatic rings. The van der Waals surface area contributed by atoms with Gasteiger partial charge in [0.1, 0.15) is 0 Å². The topological polar surface area (TPSA) is 64.4 Å². The molecule has 0 saturated carbocycles. The van der Waals surface area contributed by atoms with Crippen LogP contribution in [0.4, 0.5) is 11.4 Å². The highest BCUT2D eigenvalue weighted by atomic mass is 16.6. The molecule has 104 valence electrons. The van der Waals surface area contributed by atoms with Crippen LogP contribution in [0.3, 0.4) is 0 Å². The van der Waals surface area contributed by atoms with Gasteiger partial charge in [0.25, 0.3) is 5.69 Å². The molecule has 1 fully saturated rings. The van der Waals surface area contributed by atoms with Crippen molar-refractivity contribution in [1.29, 1.82) is 0 Å². The predicted octanol–water partition coefficient (Wildman–Crippen LogP) is 3.19. The van der Waals surface area contributed by atoms with E-state index in [-0.39, 0.29) is 16.7 Å². The molecule has 1 heterocycles. The maximum atomic E-state index is 11.0. The normalized spacial score (nSPS) is 23.1. The zero-order chi connectivity index (χ0) is 14.0. The summed E-state index contributed by atoms with van der Waals surface area (Å²) in [7, 11) is 0. The van der Waals surface area contributed by atoms with Crippen molar-refractivity contribution in [2.24, 2.45) is 0 Å². The number of nitrogens with one attached hydrogen (secondary N) is 1. The minimum absolute atomic E-state index is 0.174. The molecule has 5 nitrogen and oxygen atoms in total. The molecule has 0 radical (unpaired) electrons. The molecule has 1 aromatic carbocycles. The first-order valence-corrected chi connectivity index (χ1v) is 6.61. The minimum Gasteiger partial charge on any atom is -0.382 e. The molecule has 1 saturated heterocycles. The van der Waals surface area contributed by atoms with E-state index >= 15 is 0 Å². The fourth-order valence-corrected chi connectivity index (χ4v) is 2.54. The number of nitrogens with zero attached hydrogens (tertiary/aromatic N) is 1. The Balaban J connectivity index is 2.19. The SMILES string of the molecule is Cc1cc(C)c([N+](=O)[O-])cc1NC1CCOC(C)C1. The van der Waals surface area contributed by atoms with Crippen LogP contribution in [0.2, 0.25) is 0 Å². The number of aryl methyl sites for hydroxylation is 2. The number of hydrogen-bond acceptors (Lipinski definition) is 4. The van der Waals surface area contributed by atoms with E-state index in [1.807, 2.05) is 13.0 Å². The molecule has 1 aliphatic rings. The Morgan fingerprint density at radius 1 is 1.37 bits per heavy atom. The van der Waals surface area contributed by atoms with Gasteiger partial charge in [0, 0.05) is 30.0 Å². The van der Waals surface area contributed by atoms with E-state index in [4.69, 9.17) is 4.74 Å².